The summed E-state index contributed by atoms with van der Waals surface area (Å²) < 4.78 is 29.9. The Morgan fingerprint density at radius 1 is 1.07 bits per heavy atom. The van der Waals surface area contributed by atoms with Crippen LogP contribution in [0.4, 0.5) is 8.78 Å². The Bertz CT molecular complexity index is 1270. The fourth-order valence-corrected chi connectivity index (χ4v) is 3.51. The number of hydrogen-bond acceptors (Lipinski definition) is 3. The molecule has 2 aromatic heterocycles. The van der Waals surface area contributed by atoms with Crippen LogP contribution in [0.25, 0.3) is 28.2 Å². The third kappa shape index (κ3) is 3.22. The van der Waals surface area contributed by atoms with Crippen LogP contribution in [0.1, 0.15) is 28.8 Å². The van der Waals surface area contributed by atoms with Crippen LogP contribution < -0.4 is 5.32 Å². The van der Waals surface area contributed by atoms with Crippen LogP contribution in [-0.4, -0.2) is 26.5 Å². The molecule has 0 atom stereocenters. The lowest BCUT2D eigenvalue weighted by Crippen LogP contribution is -2.25. The number of aryl methyl sites for hydroxylation is 1. The van der Waals surface area contributed by atoms with Crippen molar-refractivity contribution in [1.82, 2.24) is 19.9 Å². The van der Waals surface area contributed by atoms with Crippen LogP contribution in [0, 0.1) is 18.6 Å². The van der Waals surface area contributed by atoms with Gasteiger partial charge in [0, 0.05) is 17.8 Å². The molecule has 150 valence electrons. The number of aromatic nitrogens is 3. The fraction of sp³-hybridized carbons (Fsp3) is 0.174. The standard InChI is InChI=1S/C23H18F2N4O/c1-13-5-6-15(23(30)26-16-7-8-16)11-17(13)14-9-10-29-20(12-14)27-28-22(29)21-18(24)3-2-4-19(21)25/h2-6,9-12,16H,7-8H2,1H3,(H,26,30). The molecule has 0 bridgehead atoms. The van der Waals surface area contributed by atoms with E-state index in [1.54, 1.807) is 16.7 Å². The number of amides is 1. The van der Waals surface area contributed by atoms with Crippen molar-refractivity contribution in [2.75, 3.05) is 0 Å². The smallest absolute Gasteiger partial charge is 0.251 e. The highest BCUT2D eigenvalue weighted by atomic mass is 19.1. The zero-order valence-corrected chi connectivity index (χ0v) is 16.2. The van der Waals surface area contributed by atoms with Crippen molar-refractivity contribution in [2.24, 2.45) is 0 Å². The molecule has 5 rings (SSSR count). The lowest BCUT2D eigenvalue weighted by Gasteiger charge is -2.10. The number of nitrogens with one attached hydrogen (secondary N) is 1. The van der Waals surface area contributed by atoms with Gasteiger partial charge in [0.1, 0.15) is 11.6 Å². The van der Waals surface area contributed by atoms with Gasteiger partial charge < -0.3 is 5.32 Å². The van der Waals surface area contributed by atoms with Crippen LogP contribution in [0.5, 0.6) is 0 Å². The molecule has 0 spiro atoms. The van der Waals surface area contributed by atoms with Crippen molar-refractivity contribution >= 4 is 11.6 Å². The molecular formula is C23H18F2N4O. The van der Waals surface area contributed by atoms with E-state index in [-0.39, 0.29) is 23.3 Å². The van der Waals surface area contributed by atoms with Gasteiger partial charge in [0.25, 0.3) is 5.91 Å². The molecule has 4 aromatic rings. The summed E-state index contributed by atoms with van der Waals surface area (Å²) in [7, 11) is 0. The predicted molar refractivity (Wildman–Crippen MR) is 109 cm³/mol. The van der Waals surface area contributed by atoms with Crippen molar-refractivity contribution in [3.63, 3.8) is 0 Å². The average Bonchev–Trinajstić information content (AvgIpc) is 3.45. The first-order valence-electron chi connectivity index (χ1n) is 9.72. The SMILES string of the molecule is Cc1ccc(C(=O)NC2CC2)cc1-c1ccn2c(-c3c(F)cccc3F)nnc2c1. The van der Waals surface area contributed by atoms with E-state index in [9.17, 15) is 13.6 Å². The first-order chi connectivity index (χ1) is 14.5. The normalized spacial score (nSPS) is 13.6. The van der Waals surface area contributed by atoms with Gasteiger partial charge in [-0.1, -0.05) is 12.1 Å². The number of nitrogens with zero attached hydrogens (tertiary/aromatic N) is 3. The van der Waals surface area contributed by atoms with E-state index in [0.717, 1.165) is 29.5 Å². The van der Waals surface area contributed by atoms with Gasteiger partial charge in [-0.2, -0.15) is 0 Å². The van der Waals surface area contributed by atoms with Crippen molar-refractivity contribution in [3.8, 4) is 22.5 Å². The molecule has 0 radical (unpaired) electrons. The molecule has 1 aliphatic carbocycles. The minimum Gasteiger partial charge on any atom is -0.349 e. The summed E-state index contributed by atoms with van der Waals surface area (Å²) in [5, 5.41) is 11.1. The Morgan fingerprint density at radius 3 is 2.57 bits per heavy atom. The van der Waals surface area contributed by atoms with Crippen molar-refractivity contribution in [1.29, 1.82) is 0 Å². The summed E-state index contributed by atoms with van der Waals surface area (Å²) in [6.45, 7) is 1.96. The Labute approximate surface area is 171 Å². The van der Waals surface area contributed by atoms with Crippen molar-refractivity contribution < 1.29 is 13.6 Å². The summed E-state index contributed by atoms with van der Waals surface area (Å²) >= 11 is 0. The molecular weight excluding hydrogens is 386 g/mol. The van der Waals surface area contributed by atoms with Crippen LogP contribution in [0.3, 0.4) is 0 Å². The van der Waals surface area contributed by atoms with Crippen LogP contribution in [0.2, 0.25) is 0 Å². The molecule has 30 heavy (non-hydrogen) atoms. The minimum atomic E-state index is -0.696. The molecule has 5 nitrogen and oxygen atoms in total. The van der Waals surface area contributed by atoms with Gasteiger partial charge in [-0.25, -0.2) is 8.78 Å². The highest BCUT2D eigenvalue weighted by Crippen LogP contribution is 2.29. The summed E-state index contributed by atoms with van der Waals surface area (Å²) in [5.41, 5.74) is 3.57. The zero-order chi connectivity index (χ0) is 20.8. The molecule has 0 aliphatic heterocycles. The second-order valence-electron chi connectivity index (χ2n) is 7.54. The lowest BCUT2D eigenvalue weighted by molar-refractivity contribution is 0.0951. The van der Waals surface area contributed by atoms with Crippen LogP contribution in [-0.2, 0) is 0 Å². The minimum absolute atomic E-state index is 0.0837. The van der Waals surface area contributed by atoms with E-state index in [0.29, 0.717) is 11.2 Å². The Kier molecular flexibility index (Phi) is 4.31. The Balaban J connectivity index is 1.56. The monoisotopic (exact) mass is 404 g/mol. The quantitative estimate of drug-likeness (QED) is 0.543. The van der Waals surface area contributed by atoms with Crippen LogP contribution in [0.15, 0.2) is 54.7 Å². The molecule has 1 N–H and O–H groups in total. The molecule has 0 unspecified atom stereocenters. The summed E-state index contributed by atoms with van der Waals surface area (Å²) in [4.78, 5) is 12.4. The van der Waals surface area contributed by atoms with Crippen LogP contribution >= 0.6 is 0 Å². The van der Waals surface area contributed by atoms with Crippen molar-refractivity contribution in [3.05, 3.63) is 77.5 Å². The van der Waals surface area contributed by atoms with E-state index >= 15 is 0 Å². The average molecular weight is 404 g/mol. The topological polar surface area (TPSA) is 59.3 Å². The third-order valence-electron chi connectivity index (χ3n) is 5.32. The maximum atomic E-state index is 14.2. The molecule has 0 saturated heterocycles. The first kappa shape index (κ1) is 18.4. The number of benzene rings is 2. The predicted octanol–water partition coefficient (Wildman–Crippen LogP) is 4.54. The number of halogens is 2. The van der Waals surface area contributed by atoms with Gasteiger partial charge in [-0.15, -0.1) is 10.2 Å². The molecule has 7 heteroatoms. The van der Waals surface area contributed by atoms with Gasteiger partial charge in [0.15, 0.2) is 11.5 Å². The molecule has 2 aromatic carbocycles. The number of hydrogen-bond donors (Lipinski definition) is 1. The molecule has 2 heterocycles. The zero-order valence-electron chi connectivity index (χ0n) is 16.2. The van der Waals surface area contributed by atoms with E-state index in [1.807, 2.05) is 31.2 Å². The first-order valence-corrected chi connectivity index (χ1v) is 9.72. The largest absolute Gasteiger partial charge is 0.349 e. The lowest BCUT2D eigenvalue weighted by atomic mass is 9.98. The molecule has 1 aliphatic rings. The maximum absolute atomic E-state index is 14.2. The van der Waals surface area contributed by atoms with Crippen molar-refractivity contribution in [2.45, 2.75) is 25.8 Å². The molecule has 1 amide bonds. The molecule has 1 saturated carbocycles. The summed E-state index contributed by atoms with van der Waals surface area (Å²) in [6.07, 6.45) is 3.74. The van der Waals surface area contributed by atoms with Gasteiger partial charge >= 0.3 is 0 Å². The number of pyridine rings is 1. The van der Waals surface area contributed by atoms with E-state index in [4.69, 9.17) is 0 Å². The Hall–Kier alpha value is -3.61. The molecule has 1 fully saturated rings. The van der Waals surface area contributed by atoms with E-state index in [1.165, 1.54) is 18.2 Å². The van der Waals surface area contributed by atoms with Gasteiger partial charge in [0.2, 0.25) is 0 Å². The number of carbonyl (C=O) groups is 1. The highest BCUT2D eigenvalue weighted by molar-refractivity contribution is 5.96. The van der Waals surface area contributed by atoms with E-state index in [2.05, 4.69) is 15.5 Å². The summed E-state index contributed by atoms with van der Waals surface area (Å²) in [6, 6.07) is 13.2. The van der Waals surface area contributed by atoms with Gasteiger partial charge in [-0.3, -0.25) is 9.20 Å². The maximum Gasteiger partial charge on any atom is 0.251 e. The second-order valence-corrected chi connectivity index (χ2v) is 7.54. The Morgan fingerprint density at radius 2 is 1.83 bits per heavy atom. The second kappa shape index (κ2) is 7.02. The number of fused-ring (bicyclic) bond motifs is 1. The highest BCUT2D eigenvalue weighted by Gasteiger charge is 2.24. The fourth-order valence-electron chi connectivity index (χ4n) is 3.51. The number of rotatable bonds is 4. The van der Waals surface area contributed by atoms with Gasteiger partial charge in [-0.05, 0) is 72.9 Å². The van der Waals surface area contributed by atoms with E-state index < -0.39 is 11.6 Å². The van der Waals surface area contributed by atoms with Gasteiger partial charge in [0.05, 0.1) is 5.56 Å². The third-order valence-corrected chi connectivity index (χ3v) is 5.32. The number of carbonyl (C=O) groups excluding carboxylic acids is 1. The summed E-state index contributed by atoms with van der Waals surface area (Å²) in [5.74, 6) is -1.38.